The van der Waals surface area contributed by atoms with Crippen LogP contribution in [-0.2, 0) is 0 Å². The fourth-order valence-corrected chi connectivity index (χ4v) is 1.71. The number of nitrogens with one attached hydrogen (secondary N) is 2. The molecule has 0 saturated heterocycles. The van der Waals surface area contributed by atoms with Crippen LogP contribution in [0.1, 0.15) is 0 Å². The van der Waals surface area contributed by atoms with Crippen molar-refractivity contribution in [1.82, 2.24) is 15.1 Å². The van der Waals surface area contributed by atoms with Crippen molar-refractivity contribution in [2.45, 2.75) is 0 Å². The number of rotatable bonds is 5. The summed E-state index contributed by atoms with van der Waals surface area (Å²) in [6, 6.07) is 11.5. The Kier molecular flexibility index (Phi) is 4.30. The third kappa shape index (κ3) is 3.66. The molecule has 0 aliphatic heterocycles. The van der Waals surface area contributed by atoms with Crippen LogP contribution in [0.15, 0.2) is 41.2 Å². The third-order valence-electron chi connectivity index (χ3n) is 2.75. The van der Waals surface area contributed by atoms with Crippen molar-refractivity contribution in [2.24, 2.45) is 0 Å². The maximum absolute atomic E-state index is 11.7. The highest BCUT2D eigenvalue weighted by molar-refractivity contribution is 5.62. The fourth-order valence-electron chi connectivity index (χ4n) is 1.71. The number of likely N-dealkylation sites (N-methyl/N-ethyl adjacent to an activating group) is 1. The van der Waals surface area contributed by atoms with Crippen molar-refractivity contribution in [2.75, 3.05) is 32.5 Å². The third-order valence-corrected chi connectivity index (χ3v) is 2.75. The van der Waals surface area contributed by atoms with Crippen LogP contribution in [0.25, 0.3) is 11.3 Å². The number of benzene rings is 1. The van der Waals surface area contributed by atoms with Crippen LogP contribution < -0.4 is 10.9 Å². The number of hydrogen-bond donors (Lipinski definition) is 2. The Hall–Kier alpha value is -2.14. The van der Waals surface area contributed by atoms with Gasteiger partial charge in [-0.3, -0.25) is 4.79 Å². The van der Waals surface area contributed by atoms with Crippen molar-refractivity contribution in [3.63, 3.8) is 0 Å². The van der Waals surface area contributed by atoms with Crippen LogP contribution in [0, 0.1) is 0 Å². The highest BCUT2D eigenvalue weighted by Crippen LogP contribution is 2.16. The van der Waals surface area contributed by atoms with E-state index in [4.69, 9.17) is 0 Å². The molecule has 2 aromatic rings. The van der Waals surface area contributed by atoms with E-state index in [0.29, 0.717) is 12.2 Å². The molecular formula is C14H18N4O. The predicted molar refractivity (Wildman–Crippen MR) is 77.3 cm³/mol. The van der Waals surface area contributed by atoms with Gasteiger partial charge in [-0.05, 0) is 20.2 Å². The minimum Gasteiger partial charge on any atom is -0.379 e. The van der Waals surface area contributed by atoms with Gasteiger partial charge < -0.3 is 10.2 Å². The van der Waals surface area contributed by atoms with Gasteiger partial charge in [-0.2, -0.15) is 5.10 Å². The van der Waals surface area contributed by atoms with E-state index >= 15 is 0 Å². The van der Waals surface area contributed by atoms with Gasteiger partial charge in [0.25, 0.3) is 5.56 Å². The first kappa shape index (κ1) is 13.3. The molecule has 0 unspecified atom stereocenters. The molecule has 0 spiro atoms. The van der Waals surface area contributed by atoms with Crippen LogP contribution in [0.5, 0.6) is 0 Å². The Morgan fingerprint density at radius 3 is 2.68 bits per heavy atom. The molecule has 5 nitrogen and oxygen atoms in total. The molecule has 0 bridgehead atoms. The first-order valence-electron chi connectivity index (χ1n) is 6.20. The van der Waals surface area contributed by atoms with Gasteiger partial charge >= 0.3 is 0 Å². The highest BCUT2D eigenvalue weighted by Gasteiger charge is 2.04. The molecule has 0 saturated carbocycles. The molecule has 19 heavy (non-hydrogen) atoms. The van der Waals surface area contributed by atoms with E-state index in [1.807, 2.05) is 44.4 Å². The number of anilines is 1. The zero-order chi connectivity index (χ0) is 13.7. The maximum atomic E-state index is 11.7. The molecule has 2 N–H and O–H groups in total. The molecule has 5 heteroatoms. The zero-order valence-corrected chi connectivity index (χ0v) is 11.2. The lowest BCUT2D eigenvalue weighted by atomic mass is 10.1. The second-order valence-electron chi connectivity index (χ2n) is 4.59. The first-order valence-corrected chi connectivity index (χ1v) is 6.20. The molecule has 0 aliphatic rings. The fraction of sp³-hybridized carbons (Fsp3) is 0.286. The van der Waals surface area contributed by atoms with E-state index in [9.17, 15) is 4.79 Å². The second-order valence-corrected chi connectivity index (χ2v) is 4.59. The molecule has 1 aromatic carbocycles. The Morgan fingerprint density at radius 2 is 2.00 bits per heavy atom. The smallest absolute Gasteiger partial charge is 0.287 e. The van der Waals surface area contributed by atoms with Crippen LogP contribution in [0.2, 0.25) is 0 Å². The number of aromatic nitrogens is 2. The Labute approximate surface area is 112 Å². The van der Waals surface area contributed by atoms with Crippen molar-refractivity contribution in [3.05, 3.63) is 46.8 Å². The summed E-state index contributed by atoms with van der Waals surface area (Å²) in [6.07, 6.45) is 0. The summed E-state index contributed by atoms with van der Waals surface area (Å²) < 4.78 is 0. The van der Waals surface area contributed by atoms with Gasteiger partial charge in [-0.25, -0.2) is 5.10 Å². The standard InChI is InChI=1S/C14H18N4O/c1-18(2)9-8-15-13-10-12(16-17-14(13)19)11-6-4-3-5-7-11/h3-7,10H,8-9H2,1-2H3,(H,15,16)(H,17,19). The summed E-state index contributed by atoms with van der Waals surface area (Å²) in [6.45, 7) is 1.58. The lowest BCUT2D eigenvalue weighted by Crippen LogP contribution is -2.24. The molecule has 0 amide bonds. The number of H-pyrrole nitrogens is 1. The van der Waals surface area contributed by atoms with Crippen molar-refractivity contribution in [3.8, 4) is 11.3 Å². The van der Waals surface area contributed by atoms with E-state index in [1.54, 1.807) is 6.07 Å². The SMILES string of the molecule is CN(C)CCNc1cc(-c2ccccc2)n[nH]c1=O. The quantitative estimate of drug-likeness (QED) is 0.851. The van der Waals surface area contributed by atoms with Gasteiger partial charge in [0.05, 0.1) is 5.69 Å². The zero-order valence-electron chi connectivity index (χ0n) is 11.2. The van der Waals surface area contributed by atoms with E-state index < -0.39 is 0 Å². The lowest BCUT2D eigenvalue weighted by Gasteiger charge is -2.11. The van der Waals surface area contributed by atoms with Gasteiger partial charge in [0.15, 0.2) is 0 Å². The second kappa shape index (κ2) is 6.15. The van der Waals surface area contributed by atoms with Crippen molar-refractivity contribution >= 4 is 5.69 Å². The summed E-state index contributed by atoms with van der Waals surface area (Å²) in [5.74, 6) is 0. The molecule has 0 atom stereocenters. The summed E-state index contributed by atoms with van der Waals surface area (Å²) in [5, 5.41) is 9.72. The molecule has 0 radical (unpaired) electrons. The van der Waals surface area contributed by atoms with E-state index in [0.717, 1.165) is 17.8 Å². The normalized spacial score (nSPS) is 10.7. The van der Waals surface area contributed by atoms with Crippen LogP contribution in [0.3, 0.4) is 0 Å². The Morgan fingerprint density at radius 1 is 1.26 bits per heavy atom. The summed E-state index contributed by atoms with van der Waals surface area (Å²) in [5.41, 5.74) is 2.09. The maximum Gasteiger partial charge on any atom is 0.287 e. The Balaban J connectivity index is 2.18. The molecule has 1 aromatic heterocycles. The average molecular weight is 258 g/mol. The molecule has 100 valence electrons. The van der Waals surface area contributed by atoms with Gasteiger partial charge in [0.2, 0.25) is 0 Å². The number of aromatic amines is 1. The lowest BCUT2D eigenvalue weighted by molar-refractivity contribution is 0.425. The first-order chi connectivity index (χ1) is 9.16. The van der Waals surface area contributed by atoms with E-state index in [2.05, 4.69) is 20.4 Å². The van der Waals surface area contributed by atoms with Crippen LogP contribution >= 0.6 is 0 Å². The molecule has 0 fully saturated rings. The van der Waals surface area contributed by atoms with Crippen molar-refractivity contribution in [1.29, 1.82) is 0 Å². The molecule has 0 aliphatic carbocycles. The van der Waals surface area contributed by atoms with E-state index in [-0.39, 0.29) is 5.56 Å². The molecule has 1 heterocycles. The van der Waals surface area contributed by atoms with Crippen molar-refractivity contribution < 1.29 is 0 Å². The highest BCUT2D eigenvalue weighted by atomic mass is 16.1. The summed E-state index contributed by atoms with van der Waals surface area (Å²) in [4.78, 5) is 13.7. The van der Waals surface area contributed by atoms with Gasteiger partial charge in [0, 0.05) is 18.7 Å². The summed E-state index contributed by atoms with van der Waals surface area (Å²) in [7, 11) is 3.99. The van der Waals surface area contributed by atoms with E-state index in [1.165, 1.54) is 0 Å². The average Bonchev–Trinajstić information content (AvgIpc) is 2.41. The topological polar surface area (TPSA) is 61.0 Å². The van der Waals surface area contributed by atoms with Crippen LogP contribution in [-0.4, -0.2) is 42.3 Å². The van der Waals surface area contributed by atoms with Gasteiger partial charge in [-0.15, -0.1) is 0 Å². The van der Waals surface area contributed by atoms with Crippen LogP contribution in [0.4, 0.5) is 5.69 Å². The van der Waals surface area contributed by atoms with Gasteiger partial charge in [0.1, 0.15) is 5.69 Å². The molecular weight excluding hydrogens is 240 g/mol. The summed E-state index contributed by atoms with van der Waals surface area (Å²) >= 11 is 0. The van der Waals surface area contributed by atoms with Gasteiger partial charge in [-0.1, -0.05) is 30.3 Å². The monoisotopic (exact) mass is 258 g/mol. The largest absolute Gasteiger partial charge is 0.379 e. The minimum absolute atomic E-state index is 0.196. The number of hydrogen-bond acceptors (Lipinski definition) is 4. The Bertz CT molecular complexity index is 577. The number of nitrogens with zero attached hydrogens (tertiary/aromatic N) is 2. The predicted octanol–water partition coefficient (Wildman–Crippen LogP) is 1.41. The molecule has 2 rings (SSSR count). The minimum atomic E-state index is -0.196.